The molecule has 0 saturated heterocycles. The molecule has 19 heavy (non-hydrogen) atoms. The Hall–Kier alpha value is -1.26. The molecule has 0 amide bonds. The molecule has 1 unspecified atom stereocenters. The molecular weight excluding hydrogens is 306 g/mol. The lowest BCUT2D eigenvalue weighted by atomic mass is 10.0. The number of rotatable bonds is 3. The maximum absolute atomic E-state index is 10.5. The van der Waals surface area contributed by atoms with E-state index in [-0.39, 0.29) is 0 Å². The maximum atomic E-state index is 10.5. The molecule has 3 nitrogen and oxygen atoms in total. The van der Waals surface area contributed by atoms with Gasteiger partial charge in [-0.3, -0.25) is 0 Å². The van der Waals surface area contributed by atoms with Gasteiger partial charge in [0, 0.05) is 5.69 Å². The van der Waals surface area contributed by atoms with Crippen LogP contribution in [0.3, 0.4) is 0 Å². The van der Waals surface area contributed by atoms with Gasteiger partial charge in [0.2, 0.25) is 0 Å². The van der Waals surface area contributed by atoms with Crippen molar-refractivity contribution >= 4 is 15.9 Å². The fourth-order valence-electron chi connectivity index (χ4n) is 2.17. The van der Waals surface area contributed by atoms with Crippen molar-refractivity contribution in [2.45, 2.75) is 26.9 Å². The lowest BCUT2D eigenvalue weighted by Gasteiger charge is -2.13. The van der Waals surface area contributed by atoms with Crippen molar-refractivity contribution in [1.29, 1.82) is 0 Å². The molecule has 0 radical (unpaired) electrons. The number of benzene rings is 1. The van der Waals surface area contributed by atoms with E-state index in [0.717, 1.165) is 32.7 Å². The first-order chi connectivity index (χ1) is 8.95. The first kappa shape index (κ1) is 14.2. The van der Waals surface area contributed by atoms with Crippen LogP contribution in [0.4, 0.5) is 0 Å². The number of aromatic amines is 1. The van der Waals surface area contributed by atoms with E-state index >= 15 is 0 Å². The van der Waals surface area contributed by atoms with Gasteiger partial charge in [-0.1, -0.05) is 6.07 Å². The molecule has 1 atom stereocenters. The van der Waals surface area contributed by atoms with Crippen LogP contribution in [0.1, 0.15) is 34.2 Å². The lowest BCUT2D eigenvalue weighted by Crippen LogP contribution is -2.02. The Kier molecular flexibility index (Phi) is 4.02. The Bertz CT molecular complexity index is 604. The monoisotopic (exact) mass is 323 g/mol. The summed E-state index contributed by atoms with van der Waals surface area (Å²) >= 11 is 3.44. The number of halogens is 1. The smallest absolute Gasteiger partial charge is 0.133 e. The average Bonchev–Trinajstić information content (AvgIpc) is 2.65. The summed E-state index contributed by atoms with van der Waals surface area (Å²) < 4.78 is 6.03. The molecule has 1 aromatic carbocycles. The summed E-state index contributed by atoms with van der Waals surface area (Å²) in [5, 5.41) is 10.5. The zero-order chi connectivity index (χ0) is 14.2. The zero-order valence-corrected chi connectivity index (χ0v) is 13.1. The minimum atomic E-state index is -0.658. The lowest BCUT2D eigenvalue weighted by molar-refractivity contribution is 0.215. The molecule has 2 rings (SSSR count). The van der Waals surface area contributed by atoms with Crippen molar-refractivity contribution < 1.29 is 9.84 Å². The van der Waals surface area contributed by atoms with Gasteiger partial charge in [0.25, 0.3) is 0 Å². The number of aryl methyl sites for hydroxylation is 1. The highest BCUT2D eigenvalue weighted by molar-refractivity contribution is 9.10. The van der Waals surface area contributed by atoms with Gasteiger partial charge in [-0.2, -0.15) is 0 Å². The second-order valence-corrected chi connectivity index (χ2v) is 5.56. The molecule has 0 fully saturated rings. The molecule has 4 heteroatoms. The standard InChI is InChI=1S/C15H18BrNO2/c1-8-9(2)14(17-10(8)3)15(18)11-5-6-13(19-4)12(16)7-11/h5-7,15,17-18H,1-4H3. The first-order valence-electron chi connectivity index (χ1n) is 6.12. The van der Waals surface area contributed by atoms with Gasteiger partial charge in [0.15, 0.2) is 0 Å². The zero-order valence-electron chi connectivity index (χ0n) is 11.5. The molecule has 1 heterocycles. The number of hydrogen-bond donors (Lipinski definition) is 2. The van der Waals surface area contributed by atoms with Crippen LogP contribution in [-0.2, 0) is 0 Å². The molecule has 0 aliphatic rings. The largest absolute Gasteiger partial charge is 0.496 e. The van der Waals surface area contributed by atoms with Crippen LogP contribution >= 0.6 is 15.9 Å². The van der Waals surface area contributed by atoms with Crippen molar-refractivity contribution in [3.05, 3.63) is 50.8 Å². The summed E-state index contributed by atoms with van der Waals surface area (Å²) in [6.45, 7) is 6.10. The Labute approximate surface area is 121 Å². The van der Waals surface area contributed by atoms with E-state index in [0.29, 0.717) is 0 Å². The normalized spacial score (nSPS) is 12.5. The number of ether oxygens (including phenoxy) is 1. The van der Waals surface area contributed by atoms with Crippen LogP contribution in [0.2, 0.25) is 0 Å². The molecule has 1 aromatic heterocycles. The number of nitrogens with one attached hydrogen (secondary N) is 1. The van der Waals surface area contributed by atoms with Crippen molar-refractivity contribution in [2.24, 2.45) is 0 Å². The third-order valence-electron chi connectivity index (χ3n) is 3.62. The van der Waals surface area contributed by atoms with E-state index < -0.39 is 6.10 Å². The molecule has 0 aliphatic carbocycles. The SMILES string of the molecule is COc1ccc(C(O)c2[nH]c(C)c(C)c2C)cc1Br. The van der Waals surface area contributed by atoms with E-state index in [1.54, 1.807) is 7.11 Å². The number of aromatic nitrogens is 1. The average molecular weight is 324 g/mol. The van der Waals surface area contributed by atoms with Crippen LogP contribution in [0.15, 0.2) is 22.7 Å². The number of H-pyrrole nitrogens is 1. The van der Waals surface area contributed by atoms with Gasteiger partial charge in [-0.25, -0.2) is 0 Å². The van der Waals surface area contributed by atoms with Gasteiger partial charge in [-0.15, -0.1) is 0 Å². The number of aliphatic hydroxyl groups excluding tert-OH is 1. The first-order valence-corrected chi connectivity index (χ1v) is 6.92. The van der Waals surface area contributed by atoms with Crippen molar-refractivity contribution in [2.75, 3.05) is 7.11 Å². The van der Waals surface area contributed by atoms with Crippen LogP contribution in [0.5, 0.6) is 5.75 Å². The van der Waals surface area contributed by atoms with E-state index in [4.69, 9.17) is 4.74 Å². The Morgan fingerprint density at radius 1 is 1.21 bits per heavy atom. The summed E-state index contributed by atoms with van der Waals surface area (Å²) in [7, 11) is 1.62. The van der Waals surface area contributed by atoms with Crippen LogP contribution in [0.25, 0.3) is 0 Å². The summed E-state index contributed by atoms with van der Waals surface area (Å²) in [6.07, 6.45) is -0.658. The number of methoxy groups -OCH3 is 1. The fraction of sp³-hybridized carbons (Fsp3) is 0.333. The molecule has 0 aliphatic heterocycles. The molecule has 102 valence electrons. The summed E-state index contributed by atoms with van der Waals surface area (Å²) in [4.78, 5) is 3.26. The van der Waals surface area contributed by atoms with Crippen LogP contribution in [0, 0.1) is 20.8 Å². The minimum absolute atomic E-state index is 0.658. The molecular formula is C15H18BrNO2. The van der Waals surface area contributed by atoms with E-state index in [1.165, 1.54) is 5.56 Å². The summed E-state index contributed by atoms with van der Waals surface area (Å²) in [6, 6.07) is 5.61. The Balaban J connectivity index is 2.41. The third kappa shape index (κ3) is 2.55. The third-order valence-corrected chi connectivity index (χ3v) is 4.24. The molecule has 0 spiro atoms. The highest BCUT2D eigenvalue weighted by Crippen LogP contribution is 2.32. The van der Waals surface area contributed by atoms with E-state index in [2.05, 4.69) is 27.8 Å². The minimum Gasteiger partial charge on any atom is -0.496 e. The quantitative estimate of drug-likeness (QED) is 0.902. The summed E-state index contributed by atoms with van der Waals surface area (Å²) in [5.74, 6) is 0.756. The van der Waals surface area contributed by atoms with Crippen LogP contribution < -0.4 is 4.74 Å². The van der Waals surface area contributed by atoms with E-state index in [9.17, 15) is 5.11 Å². The summed E-state index contributed by atoms with van der Waals surface area (Å²) in [5.41, 5.74) is 5.08. The second-order valence-electron chi connectivity index (χ2n) is 4.71. The number of hydrogen-bond acceptors (Lipinski definition) is 2. The van der Waals surface area contributed by atoms with Gasteiger partial charge >= 0.3 is 0 Å². The molecule has 2 aromatic rings. The predicted molar refractivity (Wildman–Crippen MR) is 79.8 cm³/mol. The Morgan fingerprint density at radius 3 is 2.37 bits per heavy atom. The Morgan fingerprint density at radius 2 is 1.89 bits per heavy atom. The topological polar surface area (TPSA) is 45.2 Å². The van der Waals surface area contributed by atoms with E-state index in [1.807, 2.05) is 32.0 Å². The highest BCUT2D eigenvalue weighted by Gasteiger charge is 2.18. The fourth-order valence-corrected chi connectivity index (χ4v) is 2.72. The second kappa shape index (κ2) is 5.39. The molecule has 0 bridgehead atoms. The van der Waals surface area contributed by atoms with Crippen LogP contribution in [-0.4, -0.2) is 17.2 Å². The van der Waals surface area contributed by atoms with Gasteiger partial charge in [0.1, 0.15) is 11.9 Å². The highest BCUT2D eigenvalue weighted by atomic mass is 79.9. The van der Waals surface area contributed by atoms with Gasteiger partial charge in [-0.05, 0) is 65.5 Å². The molecule has 2 N–H and O–H groups in total. The predicted octanol–water partition coefficient (Wildman–Crippen LogP) is 3.79. The number of aliphatic hydroxyl groups is 1. The van der Waals surface area contributed by atoms with Crippen molar-refractivity contribution in [3.8, 4) is 5.75 Å². The van der Waals surface area contributed by atoms with Gasteiger partial charge < -0.3 is 14.8 Å². The van der Waals surface area contributed by atoms with Gasteiger partial charge in [0.05, 0.1) is 17.3 Å². The van der Waals surface area contributed by atoms with Crippen molar-refractivity contribution in [3.63, 3.8) is 0 Å². The van der Waals surface area contributed by atoms with Crippen molar-refractivity contribution in [1.82, 2.24) is 4.98 Å². The maximum Gasteiger partial charge on any atom is 0.133 e. The molecule has 0 saturated carbocycles.